The minimum atomic E-state index is -0.176. The van der Waals surface area contributed by atoms with Gasteiger partial charge in [-0.1, -0.05) is 24.3 Å². The Morgan fingerprint density at radius 1 is 1.33 bits per heavy atom. The number of hydrogen-bond donors (Lipinski definition) is 3. The third-order valence-corrected chi connectivity index (χ3v) is 4.01. The van der Waals surface area contributed by atoms with Gasteiger partial charge in [-0.25, -0.2) is 4.79 Å². The highest BCUT2D eigenvalue weighted by Gasteiger charge is 2.48. The number of aromatic nitrogens is 2. The minimum Gasteiger partial charge on any atom is -0.327 e. The highest BCUT2D eigenvalue weighted by Crippen LogP contribution is 2.52. The van der Waals surface area contributed by atoms with Crippen molar-refractivity contribution >= 4 is 0 Å². The Balaban J connectivity index is 2.14. The second-order valence-electron chi connectivity index (χ2n) is 5.15. The first-order valence-electron chi connectivity index (χ1n) is 6.27. The van der Waals surface area contributed by atoms with Gasteiger partial charge in [0.05, 0.1) is 5.69 Å². The van der Waals surface area contributed by atoms with Crippen LogP contribution in [-0.4, -0.2) is 16.0 Å². The Bertz CT molecular complexity index is 620. The van der Waals surface area contributed by atoms with Gasteiger partial charge < -0.3 is 15.7 Å². The molecule has 0 saturated heterocycles. The van der Waals surface area contributed by atoms with Crippen LogP contribution in [0, 0.1) is 0 Å². The standard InChI is InChI=1S/C14H17N3O/c1-9(15)14(6-7-14)11-5-3-2-4-10(11)12-8-16-13(18)17-12/h2-5,8-9H,6-7,15H2,1H3,(H2,16,17,18). The molecule has 1 heterocycles. The predicted octanol–water partition coefficient (Wildman–Crippen LogP) is 1.75. The zero-order valence-electron chi connectivity index (χ0n) is 10.4. The Kier molecular flexibility index (Phi) is 2.41. The molecule has 1 atom stereocenters. The van der Waals surface area contributed by atoms with E-state index in [9.17, 15) is 4.79 Å². The van der Waals surface area contributed by atoms with Crippen LogP contribution in [0.5, 0.6) is 0 Å². The molecule has 1 aromatic heterocycles. The van der Waals surface area contributed by atoms with E-state index in [1.54, 1.807) is 6.20 Å². The van der Waals surface area contributed by atoms with E-state index in [0.29, 0.717) is 0 Å². The van der Waals surface area contributed by atoms with Crippen LogP contribution in [-0.2, 0) is 5.41 Å². The van der Waals surface area contributed by atoms with E-state index in [0.717, 1.165) is 24.1 Å². The van der Waals surface area contributed by atoms with Crippen LogP contribution in [0.3, 0.4) is 0 Å². The summed E-state index contributed by atoms with van der Waals surface area (Å²) in [5.74, 6) is 0. The van der Waals surface area contributed by atoms with Gasteiger partial charge in [-0.15, -0.1) is 0 Å². The number of H-pyrrole nitrogens is 2. The lowest BCUT2D eigenvalue weighted by molar-refractivity contribution is 0.558. The molecule has 1 fully saturated rings. The van der Waals surface area contributed by atoms with E-state index >= 15 is 0 Å². The number of rotatable bonds is 3. The van der Waals surface area contributed by atoms with Crippen molar-refractivity contribution in [2.75, 3.05) is 0 Å². The quantitative estimate of drug-likeness (QED) is 0.768. The third-order valence-electron chi connectivity index (χ3n) is 4.01. The summed E-state index contributed by atoms with van der Waals surface area (Å²) in [6.45, 7) is 2.06. The average molecular weight is 243 g/mol. The highest BCUT2D eigenvalue weighted by atomic mass is 16.1. The second-order valence-corrected chi connectivity index (χ2v) is 5.15. The molecule has 3 rings (SSSR count). The molecule has 0 spiro atoms. The van der Waals surface area contributed by atoms with Gasteiger partial charge in [0.2, 0.25) is 0 Å². The number of nitrogens with two attached hydrogens (primary N) is 1. The van der Waals surface area contributed by atoms with Crippen LogP contribution < -0.4 is 11.4 Å². The third kappa shape index (κ3) is 1.61. The molecule has 0 aliphatic heterocycles. The summed E-state index contributed by atoms with van der Waals surface area (Å²) >= 11 is 0. The van der Waals surface area contributed by atoms with E-state index in [-0.39, 0.29) is 17.1 Å². The number of aromatic amines is 2. The van der Waals surface area contributed by atoms with E-state index in [1.165, 1.54) is 5.56 Å². The number of imidazole rings is 1. The second kappa shape index (κ2) is 3.85. The molecule has 18 heavy (non-hydrogen) atoms. The fourth-order valence-corrected chi connectivity index (χ4v) is 2.73. The van der Waals surface area contributed by atoms with Crippen LogP contribution in [0.15, 0.2) is 35.3 Å². The first kappa shape index (κ1) is 11.3. The topological polar surface area (TPSA) is 74.7 Å². The van der Waals surface area contributed by atoms with Crippen molar-refractivity contribution < 1.29 is 0 Å². The molecule has 1 saturated carbocycles. The first-order chi connectivity index (χ1) is 8.63. The molecule has 4 nitrogen and oxygen atoms in total. The Labute approximate surface area is 105 Å². The maximum Gasteiger partial charge on any atom is 0.323 e. The molecule has 0 bridgehead atoms. The maximum absolute atomic E-state index is 11.2. The monoisotopic (exact) mass is 243 g/mol. The molecule has 1 unspecified atom stereocenters. The number of benzene rings is 1. The summed E-state index contributed by atoms with van der Waals surface area (Å²) in [4.78, 5) is 16.7. The molecular weight excluding hydrogens is 226 g/mol. The van der Waals surface area contributed by atoms with Crippen LogP contribution >= 0.6 is 0 Å². The van der Waals surface area contributed by atoms with Crippen LogP contribution in [0.1, 0.15) is 25.3 Å². The van der Waals surface area contributed by atoms with E-state index < -0.39 is 0 Å². The lowest BCUT2D eigenvalue weighted by Crippen LogP contribution is -2.32. The van der Waals surface area contributed by atoms with Gasteiger partial charge in [0.1, 0.15) is 0 Å². The van der Waals surface area contributed by atoms with Crippen molar-refractivity contribution in [2.45, 2.75) is 31.2 Å². The van der Waals surface area contributed by atoms with Gasteiger partial charge in [0, 0.05) is 23.2 Å². The molecule has 1 aliphatic carbocycles. The minimum absolute atomic E-state index is 0.0880. The van der Waals surface area contributed by atoms with Gasteiger partial charge in [-0.05, 0) is 25.3 Å². The normalized spacial score (nSPS) is 18.6. The zero-order chi connectivity index (χ0) is 12.8. The van der Waals surface area contributed by atoms with Crippen molar-refractivity contribution in [2.24, 2.45) is 5.73 Å². The average Bonchev–Trinajstić information content (AvgIpc) is 3.07. The smallest absolute Gasteiger partial charge is 0.323 e. The predicted molar refractivity (Wildman–Crippen MR) is 71.4 cm³/mol. The van der Waals surface area contributed by atoms with Crippen LogP contribution in [0.2, 0.25) is 0 Å². The van der Waals surface area contributed by atoms with Gasteiger partial charge in [-0.2, -0.15) is 0 Å². The zero-order valence-corrected chi connectivity index (χ0v) is 10.4. The molecular formula is C14H17N3O. The van der Waals surface area contributed by atoms with Crippen LogP contribution in [0.25, 0.3) is 11.3 Å². The van der Waals surface area contributed by atoms with Gasteiger partial charge in [0.25, 0.3) is 0 Å². The summed E-state index contributed by atoms with van der Waals surface area (Å²) in [6, 6.07) is 8.31. The molecule has 4 heteroatoms. The Morgan fingerprint density at radius 3 is 2.61 bits per heavy atom. The summed E-state index contributed by atoms with van der Waals surface area (Å²) in [7, 11) is 0. The Hall–Kier alpha value is -1.81. The van der Waals surface area contributed by atoms with E-state index in [1.807, 2.05) is 18.2 Å². The SMILES string of the molecule is CC(N)C1(c2ccccc2-c2c[nH]c(=O)[nH]2)CC1. The van der Waals surface area contributed by atoms with E-state index in [2.05, 4.69) is 23.0 Å². The lowest BCUT2D eigenvalue weighted by atomic mass is 9.85. The molecule has 2 aromatic rings. The Morgan fingerprint density at radius 2 is 2.06 bits per heavy atom. The lowest BCUT2D eigenvalue weighted by Gasteiger charge is -2.22. The molecule has 0 radical (unpaired) electrons. The van der Waals surface area contributed by atoms with Crippen LogP contribution in [0.4, 0.5) is 0 Å². The number of nitrogens with one attached hydrogen (secondary N) is 2. The summed E-state index contributed by atoms with van der Waals surface area (Å²) in [5.41, 5.74) is 9.21. The summed E-state index contributed by atoms with van der Waals surface area (Å²) in [5, 5.41) is 0. The summed E-state index contributed by atoms with van der Waals surface area (Å²) < 4.78 is 0. The molecule has 4 N–H and O–H groups in total. The molecule has 94 valence electrons. The van der Waals surface area contributed by atoms with Crippen molar-refractivity contribution in [3.05, 3.63) is 46.5 Å². The summed E-state index contributed by atoms with van der Waals surface area (Å²) in [6.07, 6.45) is 3.96. The van der Waals surface area contributed by atoms with Gasteiger partial charge in [0.15, 0.2) is 0 Å². The van der Waals surface area contributed by atoms with Gasteiger partial charge >= 0.3 is 5.69 Å². The maximum atomic E-state index is 11.2. The highest BCUT2D eigenvalue weighted by molar-refractivity contribution is 5.66. The van der Waals surface area contributed by atoms with E-state index in [4.69, 9.17) is 5.73 Å². The first-order valence-corrected chi connectivity index (χ1v) is 6.27. The fourth-order valence-electron chi connectivity index (χ4n) is 2.73. The van der Waals surface area contributed by atoms with Crippen molar-refractivity contribution in [3.8, 4) is 11.3 Å². The fraction of sp³-hybridized carbons (Fsp3) is 0.357. The number of hydrogen-bond acceptors (Lipinski definition) is 2. The molecule has 1 aliphatic rings. The largest absolute Gasteiger partial charge is 0.327 e. The van der Waals surface area contributed by atoms with Gasteiger partial charge in [-0.3, -0.25) is 0 Å². The van der Waals surface area contributed by atoms with Crippen molar-refractivity contribution in [1.29, 1.82) is 0 Å². The van der Waals surface area contributed by atoms with Crippen molar-refractivity contribution in [3.63, 3.8) is 0 Å². The molecule has 1 aromatic carbocycles. The van der Waals surface area contributed by atoms with Crippen molar-refractivity contribution in [1.82, 2.24) is 9.97 Å². The molecule has 0 amide bonds.